The van der Waals surface area contributed by atoms with Gasteiger partial charge in [-0.05, 0) is 49.6 Å². The number of hydrogen-bond donors (Lipinski definition) is 0. The van der Waals surface area contributed by atoms with E-state index in [2.05, 4.69) is 58.5 Å². The first-order valence-corrected chi connectivity index (χ1v) is 11.0. The molecule has 2 aliphatic heterocycles. The quantitative estimate of drug-likeness (QED) is 0.704. The van der Waals surface area contributed by atoms with Gasteiger partial charge in [0, 0.05) is 38.7 Å². The standard InChI is InChI=1S/C22H30N2OS/c1-2-25-22(24-13-6-7-14-24)19-10-15-23(16-11-19)20-12-17-26-21(20)18-8-4-3-5-9-18/h3-5,8-9,12,17,19,22H,2,6-7,10-11,13-16H2,1H3. The SMILES string of the molecule is CCOC(C1CCN(c2ccsc2-c2ccccc2)CC1)N1CCCC1. The number of hydrogen-bond acceptors (Lipinski definition) is 4. The number of rotatable bonds is 6. The Morgan fingerprint density at radius 3 is 2.46 bits per heavy atom. The molecule has 1 atom stereocenters. The molecule has 0 bridgehead atoms. The highest BCUT2D eigenvalue weighted by atomic mass is 32.1. The molecule has 1 unspecified atom stereocenters. The lowest BCUT2D eigenvalue weighted by Gasteiger charge is -2.40. The fourth-order valence-electron chi connectivity index (χ4n) is 4.49. The van der Waals surface area contributed by atoms with Crippen LogP contribution in [0.5, 0.6) is 0 Å². The molecule has 0 spiro atoms. The van der Waals surface area contributed by atoms with Crippen LogP contribution in [0, 0.1) is 5.92 Å². The number of nitrogens with zero attached hydrogens (tertiary/aromatic N) is 2. The van der Waals surface area contributed by atoms with Crippen LogP contribution < -0.4 is 4.90 Å². The second kappa shape index (κ2) is 8.55. The molecule has 0 aliphatic carbocycles. The van der Waals surface area contributed by atoms with E-state index in [-0.39, 0.29) is 0 Å². The van der Waals surface area contributed by atoms with Gasteiger partial charge in [0.15, 0.2) is 0 Å². The molecule has 4 rings (SSSR count). The third-order valence-electron chi connectivity index (χ3n) is 5.80. The summed E-state index contributed by atoms with van der Waals surface area (Å²) in [4.78, 5) is 6.58. The zero-order valence-electron chi connectivity index (χ0n) is 15.8. The van der Waals surface area contributed by atoms with Crippen LogP contribution in [0.25, 0.3) is 10.4 Å². The Kier molecular flexibility index (Phi) is 5.93. The van der Waals surface area contributed by atoms with E-state index < -0.39 is 0 Å². The molecule has 1 aromatic carbocycles. The fraction of sp³-hybridized carbons (Fsp3) is 0.545. The van der Waals surface area contributed by atoms with Gasteiger partial charge in [-0.1, -0.05) is 30.3 Å². The molecular weight excluding hydrogens is 340 g/mol. The molecule has 2 fully saturated rings. The van der Waals surface area contributed by atoms with E-state index in [1.807, 2.05) is 11.3 Å². The van der Waals surface area contributed by atoms with Crippen molar-refractivity contribution in [2.24, 2.45) is 5.92 Å². The first kappa shape index (κ1) is 18.0. The molecule has 140 valence electrons. The van der Waals surface area contributed by atoms with Gasteiger partial charge in [0.25, 0.3) is 0 Å². The van der Waals surface area contributed by atoms with Gasteiger partial charge in [0.2, 0.25) is 0 Å². The van der Waals surface area contributed by atoms with Gasteiger partial charge in [-0.2, -0.15) is 0 Å². The number of ether oxygens (including phenoxy) is 1. The third-order valence-corrected chi connectivity index (χ3v) is 6.75. The summed E-state index contributed by atoms with van der Waals surface area (Å²) in [5.41, 5.74) is 2.75. The van der Waals surface area contributed by atoms with Gasteiger partial charge in [-0.15, -0.1) is 11.3 Å². The van der Waals surface area contributed by atoms with Crippen molar-refractivity contribution in [3.63, 3.8) is 0 Å². The minimum atomic E-state index is 0.334. The molecule has 3 nitrogen and oxygen atoms in total. The third kappa shape index (κ3) is 3.83. The second-order valence-corrected chi connectivity index (χ2v) is 8.33. The lowest BCUT2D eigenvalue weighted by atomic mass is 9.93. The summed E-state index contributed by atoms with van der Waals surface area (Å²) in [6, 6.07) is 13.1. The molecule has 1 aromatic heterocycles. The smallest absolute Gasteiger partial charge is 0.113 e. The average molecular weight is 371 g/mol. The number of anilines is 1. The number of likely N-dealkylation sites (tertiary alicyclic amines) is 1. The highest BCUT2D eigenvalue weighted by Crippen LogP contribution is 2.38. The van der Waals surface area contributed by atoms with Crippen molar-refractivity contribution >= 4 is 17.0 Å². The zero-order valence-corrected chi connectivity index (χ0v) is 16.6. The summed E-state index contributed by atoms with van der Waals surface area (Å²) in [6.45, 7) is 7.66. The van der Waals surface area contributed by atoms with E-state index in [1.165, 1.54) is 54.9 Å². The first-order valence-electron chi connectivity index (χ1n) is 10.1. The van der Waals surface area contributed by atoms with E-state index in [9.17, 15) is 0 Å². The van der Waals surface area contributed by atoms with Crippen LogP contribution in [-0.4, -0.2) is 43.9 Å². The molecule has 2 aliphatic rings. The van der Waals surface area contributed by atoms with E-state index >= 15 is 0 Å². The first-order chi connectivity index (χ1) is 12.9. The number of benzene rings is 1. The monoisotopic (exact) mass is 370 g/mol. The van der Waals surface area contributed by atoms with Crippen molar-refractivity contribution in [3.05, 3.63) is 41.8 Å². The fourth-order valence-corrected chi connectivity index (χ4v) is 5.41. The molecular formula is C22H30N2OS. The molecule has 2 saturated heterocycles. The van der Waals surface area contributed by atoms with Crippen LogP contribution >= 0.6 is 11.3 Å². The van der Waals surface area contributed by atoms with Crippen LogP contribution in [0.4, 0.5) is 5.69 Å². The van der Waals surface area contributed by atoms with Gasteiger partial charge in [0.05, 0.1) is 10.6 Å². The van der Waals surface area contributed by atoms with Crippen molar-refractivity contribution in [1.82, 2.24) is 4.90 Å². The Hall–Kier alpha value is -1.36. The Morgan fingerprint density at radius 1 is 1.04 bits per heavy atom. The summed E-state index contributed by atoms with van der Waals surface area (Å²) in [5.74, 6) is 0.670. The van der Waals surface area contributed by atoms with Crippen molar-refractivity contribution in [1.29, 1.82) is 0 Å². The topological polar surface area (TPSA) is 15.7 Å². The van der Waals surface area contributed by atoms with Crippen LogP contribution in [0.2, 0.25) is 0 Å². The number of piperidine rings is 1. The summed E-state index contributed by atoms with van der Waals surface area (Å²) < 4.78 is 6.19. The summed E-state index contributed by atoms with van der Waals surface area (Å²) in [7, 11) is 0. The van der Waals surface area contributed by atoms with Gasteiger partial charge in [-0.3, -0.25) is 4.90 Å². The van der Waals surface area contributed by atoms with Gasteiger partial charge in [-0.25, -0.2) is 0 Å². The average Bonchev–Trinajstić information content (AvgIpc) is 3.39. The Balaban J connectivity index is 1.43. The van der Waals surface area contributed by atoms with Crippen molar-refractivity contribution in [2.75, 3.05) is 37.7 Å². The van der Waals surface area contributed by atoms with Crippen LogP contribution in [0.15, 0.2) is 41.8 Å². The zero-order chi connectivity index (χ0) is 17.8. The molecule has 0 radical (unpaired) electrons. The minimum Gasteiger partial charge on any atom is -0.370 e. The Labute approximate surface area is 161 Å². The molecule has 2 aromatic rings. The van der Waals surface area contributed by atoms with Gasteiger partial charge >= 0.3 is 0 Å². The highest BCUT2D eigenvalue weighted by Gasteiger charge is 2.33. The predicted molar refractivity (Wildman–Crippen MR) is 111 cm³/mol. The van der Waals surface area contributed by atoms with Crippen molar-refractivity contribution in [3.8, 4) is 10.4 Å². The molecule has 4 heteroatoms. The largest absolute Gasteiger partial charge is 0.370 e. The van der Waals surface area contributed by atoms with E-state index in [0.717, 1.165) is 19.7 Å². The maximum absolute atomic E-state index is 6.19. The van der Waals surface area contributed by atoms with Crippen molar-refractivity contribution < 1.29 is 4.74 Å². The van der Waals surface area contributed by atoms with Gasteiger partial charge in [0.1, 0.15) is 6.23 Å². The molecule has 0 saturated carbocycles. The van der Waals surface area contributed by atoms with Crippen LogP contribution in [0.1, 0.15) is 32.6 Å². The van der Waals surface area contributed by atoms with Crippen LogP contribution in [0.3, 0.4) is 0 Å². The summed E-state index contributed by atoms with van der Waals surface area (Å²) in [6.07, 6.45) is 5.45. The highest BCUT2D eigenvalue weighted by molar-refractivity contribution is 7.14. The predicted octanol–water partition coefficient (Wildman–Crippen LogP) is 5.09. The van der Waals surface area contributed by atoms with Gasteiger partial charge < -0.3 is 9.64 Å². The molecule has 0 N–H and O–H groups in total. The van der Waals surface area contributed by atoms with E-state index in [0.29, 0.717) is 12.1 Å². The maximum atomic E-state index is 6.19. The number of thiophene rings is 1. The summed E-state index contributed by atoms with van der Waals surface area (Å²) >= 11 is 1.86. The summed E-state index contributed by atoms with van der Waals surface area (Å²) in [5, 5.41) is 2.23. The Bertz CT molecular complexity index is 672. The molecule has 26 heavy (non-hydrogen) atoms. The molecule has 3 heterocycles. The van der Waals surface area contributed by atoms with Crippen LogP contribution in [-0.2, 0) is 4.74 Å². The van der Waals surface area contributed by atoms with Crippen molar-refractivity contribution in [2.45, 2.75) is 38.8 Å². The molecule has 0 amide bonds. The lowest BCUT2D eigenvalue weighted by molar-refractivity contribution is -0.0858. The second-order valence-electron chi connectivity index (χ2n) is 7.41. The maximum Gasteiger partial charge on any atom is 0.113 e. The normalized spacial score (nSPS) is 20.6. The lowest BCUT2D eigenvalue weighted by Crippen LogP contribution is -2.46. The van der Waals surface area contributed by atoms with E-state index in [4.69, 9.17) is 4.74 Å². The minimum absolute atomic E-state index is 0.334. The van der Waals surface area contributed by atoms with E-state index in [1.54, 1.807) is 0 Å². The Morgan fingerprint density at radius 2 is 1.77 bits per heavy atom.